The molecule has 0 N–H and O–H groups in total. The molecule has 1 heterocycles. The molecule has 0 aromatic heterocycles. The maximum absolute atomic E-state index is 13.0. The number of benzene rings is 2. The van der Waals surface area contributed by atoms with Crippen molar-refractivity contribution in [3.05, 3.63) is 59.0 Å². The fourth-order valence-electron chi connectivity index (χ4n) is 3.11. The minimum absolute atomic E-state index is 0.0673. The Bertz CT molecular complexity index is 885. The summed E-state index contributed by atoms with van der Waals surface area (Å²) in [6.45, 7) is 6.17. The number of rotatable bonds is 6. The number of carbonyl (C=O) groups excluding carboxylic acids is 1. The summed E-state index contributed by atoms with van der Waals surface area (Å²) in [6, 6.07) is 16.1. The number of hydrogen-bond acceptors (Lipinski definition) is 5. The SMILES string of the molecule is CCN(CC)c1ccc(N2C(=O)/C(=C/c3ccc(N(C)C)cc3)SC2=S)cc1. The van der Waals surface area contributed by atoms with Crippen molar-refractivity contribution in [1.82, 2.24) is 0 Å². The average molecular weight is 412 g/mol. The van der Waals surface area contributed by atoms with Gasteiger partial charge in [0.25, 0.3) is 5.91 Å². The first kappa shape index (κ1) is 20.4. The van der Waals surface area contributed by atoms with Gasteiger partial charge in [0.05, 0.1) is 10.6 Å². The predicted molar refractivity (Wildman–Crippen MR) is 126 cm³/mol. The Morgan fingerprint density at radius 1 is 0.964 bits per heavy atom. The summed E-state index contributed by atoms with van der Waals surface area (Å²) in [5, 5.41) is 0. The monoisotopic (exact) mass is 411 g/mol. The summed E-state index contributed by atoms with van der Waals surface area (Å²) in [5.74, 6) is -0.0673. The topological polar surface area (TPSA) is 26.8 Å². The number of thiocarbonyl (C=S) groups is 1. The summed E-state index contributed by atoms with van der Waals surface area (Å²) >= 11 is 6.84. The molecule has 2 aromatic carbocycles. The van der Waals surface area contributed by atoms with E-state index in [4.69, 9.17) is 12.2 Å². The molecule has 4 nitrogen and oxygen atoms in total. The third-order valence-electron chi connectivity index (χ3n) is 4.74. The Hall–Kier alpha value is -2.31. The largest absolute Gasteiger partial charge is 0.378 e. The summed E-state index contributed by atoms with van der Waals surface area (Å²) in [6.07, 6.45) is 1.91. The molecule has 28 heavy (non-hydrogen) atoms. The molecule has 0 spiro atoms. The highest BCUT2D eigenvalue weighted by atomic mass is 32.2. The van der Waals surface area contributed by atoms with Crippen molar-refractivity contribution in [3.63, 3.8) is 0 Å². The van der Waals surface area contributed by atoms with E-state index < -0.39 is 0 Å². The second kappa shape index (κ2) is 8.80. The van der Waals surface area contributed by atoms with Crippen LogP contribution < -0.4 is 14.7 Å². The Morgan fingerprint density at radius 3 is 2.07 bits per heavy atom. The highest BCUT2D eigenvalue weighted by Gasteiger charge is 2.33. The van der Waals surface area contributed by atoms with Gasteiger partial charge in [-0.3, -0.25) is 9.69 Å². The van der Waals surface area contributed by atoms with Crippen LogP contribution in [0.2, 0.25) is 0 Å². The molecule has 6 heteroatoms. The number of thioether (sulfide) groups is 1. The molecule has 1 saturated heterocycles. The van der Waals surface area contributed by atoms with Gasteiger partial charge in [0, 0.05) is 38.6 Å². The normalized spacial score (nSPS) is 15.4. The number of anilines is 3. The van der Waals surface area contributed by atoms with Crippen LogP contribution in [-0.4, -0.2) is 37.4 Å². The molecule has 0 atom stereocenters. The second-order valence-corrected chi connectivity index (χ2v) is 8.37. The number of hydrogen-bond donors (Lipinski definition) is 0. The van der Waals surface area contributed by atoms with Gasteiger partial charge < -0.3 is 9.80 Å². The molecule has 3 rings (SSSR count). The number of nitrogens with zero attached hydrogens (tertiary/aromatic N) is 3. The predicted octanol–water partition coefficient (Wildman–Crippen LogP) is 5.00. The van der Waals surface area contributed by atoms with Crippen LogP contribution in [-0.2, 0) is 4.79 Å². The molecule has 1 amide bonds. The molecular formula is C22H25N3OS2. The summed E-state index contributed by atoms with van der Waals surface area (Å²) < 4.78 is 0.566. The van der Waals surface area contributed by atoms with Crippen LogP contribution in [0.15, 0.2) is 53.4 Å². The van der Waals surface area contributed by atoms with Crippen LogP contribution >= 0.6 is 24.0 Å². The number of carbonyl (C=O) groups is 1. The lowest BCUT2D eigenvalue weighted by atomic mass is 10.2. The molecule has 1 fully saturated rings. The molecule has 0 unspecified atom stereocenters. The number of amides is 1. The van der Waals surface area contributed by atoms with Gasteiger partial charge >= 0.3 is 0 Å². The summed E-state index contributed by atoms with van der Waals surface area (Å²) in [5.41, 5.74) is 4.07. The maximum atomic E-state index is 13.0. The van der Waals surface area contributed by atoms with E-state index in [-0.39, 0.29) is 5.91 Å². The molecule has 146 valence electrons. The zero-order chi connectivity index (χ0) is 20.3. The summed E-state index contributed by atoms with van der Waals surface area (Å²) in [7, 11) is 4.01. The highest BCUT2D eigenvalue weighted by Crippen LogP contribution is 2.36. The minimum Gasteiger partial charge on any atom is -0.378 e. The molecule has 1 aliphatic rings. The average Bonchev–Trinajstić information content (AvgIpc) is 2.97. The first-order valence-electron chi connectivity index (χ1n) is 9.35. The first-order chi connectivity index (χ1) is 13.4. The van der Waals surface area contributed by atoms with E-state index in [0.29, 0.717) is 9.23 Å². The van der Waals surface area contributed by atoms with E-state index in [9.17, 15) is 4.79 Å². The lowest BCUT2D eigenvalue weighted by Gasteiger charge is -2.22. The highest BCUT2D eigenvalue weighted by molar-refractivity contribution is 8.27. The first-order valence-corrected chi connectivity index (χ1v) is 10.6. The van der Waals surface area contributed by atoms with E-state index in [2.05, 4.69) is 18.7 Å². The van der Waals surface area contributed by atoms with Gasteiger partial charge in [-0.2, -0.15) is 0 Å². The van der Waals surface area contributed by atoms with Gasteiger partial charge in [-0.1, -0.05) is 36.1 Å². The maximum Gasteiger partial charge on any atom is 0.270 e. The van der Waals surface area contributed by atoms with Gasteiger partial charge in [0.15, 0.2) is 4.32 Å². The Morgan fingerprint density at radius 2 is 1.54 bits per heavy atom. The van der Waals surface area contributed by atoms with Gasteiger partial charge in [-0.05, 0) is 61.9 Å². The van der Waals surface area contributed by atoms with Gasteiger partial charge in [-0.15, -0.1) is 0 Å². The van der Waals surface area contributed by atoms with E-state index >= 15 is 0 Å². The van der Waals surface area contributed by atoms with Crippen molar-refractivity contribution in [2.75, 3.05) is 41.9 Å². The fraction of sp³-hybridized carbons (Fsp3) is 0.273. The zero-order valence-corrected chi connectivity index (χ0v) is 18.3. The molecule has 0 aliphatic carbocycles. The van der Waals surface area contributed by atoms with Gasteiger partial charge in [0.1, 0.15) is 0 Å². The van der Waals surface area contributed by atoms with E-state index in [0.717, 1.165) is 35.7 Å². The van der Waals surface area contributed by atoms with Crippen LogP contribution in [0.5, 0.6) is 0 Å². The summed E-state index contributed by atoms with van der Waals surface area (Å²) in [4.78, 5) is 19.5. The fourth-order valence-corrected chi connectivity index (χ4v) is 4.41. The van der Waals surface area contributed by atoms with Crippen molar-refractivity contribution < 1.29 is 4.79 Å². The molecule has 0 saturated carbocycles. The van der Waals surface area contributed by atoms with Crippen LogP contribution in [0.1, 0.15) is 19.4 Å². The van der Waals surface area contributed by atoms with Crippen LogP contribution in [0.4, 0.5) is 17.1 Å². The van der Waals surface area contributed by atoms with Gasteiger partial charge in [0.2, 0.25) is 0 Å². The van der Waals surface area contributed by atoms with Crippen molar-refractivity contribution in [3.8, 4) is 0 Å². The molecular weight excluding hydrogens is 386 g/mol. The van der Waals surface area contributed by atoms with E-state index in [1.165, 1.54) is 11.8 Å². The smallest absolute Gasteiger partial charge is 0.270 e. The van der Waals surface area contributed by atoms with Crippen LogP contribution in [0, 0.1) is 0 Å². The Kier molecular flexibility index (Phi) is 6.42. The molecule has 2 aromatic rings. The molecule has 0 radical (unpaired) electrons. The van der Waals surface area contributed by atoms with Crippen molar-refractivity contribution in [2.24, 2.45) is 0 Å². The lowest BCUT2D eigenvalue weighted by Crippen LogP contribution is -2.27. The zero-order valence-electron chi connectivity index (χ0n) is 16.7. The van der Waals surface area contributed by atoms with E-state index in [1.807, 2.05) is 73.6 Å². The third-order valence-corrected chi connectivity index (χ3v) is 6.04. The quantitative estimate of drug-likeness (QED) is 0.492. The minimum atomic E-state index is -0.0673. The van der Waals surface area contributed by atoms with Crippen molar-refractivity contribution >= 4 is 57.3 Å². The van der Waals surface area contributed by atoms with Crippen molar-refractivity contribution in [2.45, 2.75) is 13.8 Å². The lowest BCUT2D eigenvalue weighted by molar-refractivity contribution is -0.113. The molecule has 1 aliphatic heterocycles. The Labute approximate surface area is 176 Å². The standard InChI is InChI=1S/C22H25N3OS2/c1-5-24(6-2)18-11-13-19(14-12-18)25-21(26)20(28-22(25)27)15-16-7-9-17(10-8-16)23(3)4/h7-15H,5-6H2,1-4H3/b20-15-. The second-order valence-electron chi connectivity index (χ2n) is 6.69. The van der Waals surface area contributed by atoms with Gasteiger partial charge in [-0.25, -0.2) is 0 Å². The van der Waals surface area contributed by atoms with Crippen molar-refractivity contribution in [1.29, 1.82) is 0 Å². The van der Waals surface area contributed by atoms with E-state index in [1.54, 1.807) is 4.90 Å². The van der Waals surface area contributed by atoms with Crippen LogP contribution in [0.25, 0.3) is 6.08 Å². The third kappa shape index (κ3) is 4.23. The van der Waals surface area contributed by atoms with Crippen LogP contribution in [0.3, 0.4) is 0 Å². The molecule has 0 bridgehead atoms. The Balaban J connectivity index is 1.81.